The maximum atomic E-state index is 9.04. The smallest absolute Gasteiger partial charge is 0.126 e. The Labute approximate surface area is 71.4 Å². The molecule has 0 aromatic carbocycles. The highest BCUT2D eigenvalue weighted by atomic mass is 16.3. The lowest BCUT2D eigenvalue weighted by Crippen LogP contribution is -2.39. The Morgan fingerprint density at radius 1 is 1.42 bits per heavy atom. The van der Waals surface area contributed by atoms with Crippen molar-refractivity contribution in [2.75, 3.05) is 5.32 Å². The summed E-state index contributed by atoms with van der Waals surface area (Å²) in [5.41, 5.74) is 0. The summed E-state index contributed by atoms with van der Waals surface area (Å²) in [5.74, 6) is 0.898. The van der Waals surface area contributed by atoms with Crippen LogP contribution in [0, 0.1) is 0 Å². The van der Waals surface area contributed by atoms with E-state index < -0.39 is 0 Å². The second kappa shape index (κ2) is 3.11. The van der Waals surface area contributed by atoms with Gasteiger partial charge in [0.05, 0.1) is 6.10 Å². The van der Waals surface area contributed by atoms with Gasteiger partial charge in [-0.25, -0.2) is 4.98 Å². The van der Waals surface area contributed by atoms with Crippen LogP contribution in [0.5, 0.6) is 0 Å². The van der Waals surface area contributed by atoms with Crippen LogP contribution < -0.4 is 5.32 Å². The van der Waals surface area contributed by atoms with Crippen LogP contribution in [0.15, 0.2) is 24.4 Å². The number of anilines is 1. The molecule has 64 valence electrons. The molecule has 1 aliphatic carbocycles. The van der Waals surface area contributed by atoms with Crippen LogP contribution in [-0.4, -0.2) is 22.2 Å². The number of nitrogens with zero attached hydrogens (tertiary/aromatic N) is 1. The minimum Gasteiger partial charge on any atom is -0.393 e. The minimum atomic E-state index is -0.105. The molecule has 2 N–H and O–H groups in total. The quantitative estimate of drug-likeness (QED) is 0.685. The standard InChI is InChI=1S/C9H12N2O/c12-8-5-7(6-8)11-9-3-1-2-4-10-9/h1-4,7-8,12H,5-6H2,(H,10,11)/t7-,8+. The first-order chi connectivity index (χ1) is 5.84. The average molecular weight is 164 g/mol. The van der Waals surface area contributed by atoms with Gasteiger partial charge in [-0.05, 0) is 25.0 Å². The van der Waals surface area contributed by atoms with Crippen LogP contribution in [-0.2, 0) is 0 Å². The van der Waals surface area contributed by atoms with E-state index in [1.807, 2.05) is 18.2 Å². The zero-order valence-corrected chi connectivity index (χ0v) is 6.77. The normalized spacial score (nSPS) is 27.8. The molecule has 0 atom stereocenters. The molecule has 0 radical (unpaired) electrons. The Morgan fingerprint density at radius 2 is 2.25 bits per heavy atom. The van der Waals surface area contributed by atoms with Crippen LogP contribution in [0.1, 0.15) is 12.8 Å². The first-order valence-electron chi connectivity index (χ1n) is 4.20. The van der Waals surface area contributed by atoms with Crippen LogP contribution >= 0.6 is 0 Å². The van der Waals surface area contributed by atoms with E-state index in [1.54, 1.807) is 6.20 Å². The van der Waals surface area contributed by atoms with Crippen molar-refractivity contribution in [3.63, 3.8) is 0 Å². The molecule has 12 heavy (non-hydrogen) atoms. The molecule has 1 saturated carbocycles. The second-order valence-corrected chi connectivity index (χ2v) is 3.18. The third kappa shape index (κ3) is 1.56. The number of hydrogen-bond acceptors (Lipinski definition) is 3. The molecule has 0 saturated heterocycles. The molecule has 0 spiro atoms. The molecule has 3 nitrogen and oxygen atoms in total. The largest absolute Gasteiger partial charge is 0.393 e. The summed E-state index contributed by atoms with van der Waals surface area (Å²) in [6.45, 7) is 0. The maximum absolute atomic E-state index is 9.04. The van der Waals surface area contributed by atoms with E-state index in [0.29, 0.717) is 6.04 Å². The van der Waals surface area contributed by atoms with Gasteiger partial charge in [-0.3, -0.25) is 0 Å². The number of aliphatic hydroxyl groups is 1. The summed E-state index contributed by atoms with van der Waals surface area (Å²) < 4.78 is 0. The monoisotopic (exact) mass is 164 g/mol. The van der Waals surface area contributed by atoms with Crippen molar-refractivity contribution in [2.24, 2.45) is 0 Å². The lowest BCUT2D eigenvalue weighted by atomic mass is 9.89. The summed E-state index contributed by atoms with van der Waals surface area (Å²) in [7, 11) is 0. The molecule has 1 aromatic rings. The lowest BCUT2D eigenvalue weighted by molar-refractivity contribution is 0.0835. The highest BCUT2D eigenvalue weighted by Gasteiger charge is 2.26. The van der Waals surface area contributed by atoms with Gasteiger partial charge in [-0.15, -0.1) is 0 Å². The third-order valence-electron chi connectivity index (χ3n) is 2.13. The molecular formula is C9H12N2O. The number of aromatic nitrogens is 1. The Kier molecular flexibility index (Phi) is 1.96. The van der Waals surface area contributed by atoms with E-state index in [9.17, 15) is 0 Å². The first-order valence-corrected chi connectivity index (χ1v) is 4.20. The molecular weight excluding hydrogens is 152 g/mol. The summed E-state index contributed by atoms with van der Waals surface area (Å²) in [5, 5.41) is 12.3. The van der Waals surface area contributed by atoms with Crippen LogP contribution in [0.25, 0.3) is 0 Å². The first kappa shape index (κ1) is 7.55. The van der Waals surface area contributed by atoms with Crippen molar-refractivity contribution in [1.29, 1.82) is 0 Å². The van der Waals surface area contributed by atoms with Crippen molar-refractivity contribution >= 4 is 5.82 Å². The highest BCUT2D eigenvalue weighted by molar-refractivity contribution is 5.35. The minimum absolute atomic E-state index is 0.105. The van der Waals surface area contributed by atoms with Crippen molar-refractivity contribution in [1.82, 2.24) is 4.98 Å². The molecule has 1 aliphatic rings. The fourth-order valence-electron chi connectivity index (χ4n) is 1.36. The van der Waals surface area contributed by atoms with E-state index in [1.165, 1.54) is 0 Å². The molecule has 2 rings (SSSR count). The zero-order chi connectivity index (χ0) is 8.39. The molecule has 1 aromatic heterocycles. The van der Waals surface area contributed by atoms with Gasteiger partial charge in [-0.2, -0.15) is 0 Å². The van der Waals surface area contributed by atoms with Gasteiger partial charge >= 0.3 is 0 Å². The second-order valence-electron chi connectivity index (χ2n) is 3.18. The van der Waals surface area contributed by atoms with Gasteiger partial charge in [0, 0.05) is 12.2 Å². The van der Waals surface area contributed by atoms with Crippen molar-refractivity contribution in [3.05, 3.63) is 24.4 Å². The molecule has 0 unspecified atom stereocenters. The molecule has 1 heterocycles. The number of aliphatic hydroxyl groups excluding tert-OH is 1. The van der Waals surface area contributed by atoms with Gasteiger partial charge in [0.25, 0.3) is 0 Å². The van der Waals surface area contributed by atoms with Gasteiger partial charge in [0.15, 0.2) is 0 Å². The number of pyridine rings is 1. The molecule has 1 fully saturated rings. The van der Waals surface area contributed by atoms with Crippen molar-refractivity contribution < 1.29 is 5.11 Å². The Balaban J connectivity index is 1.88. The zero-order valence-electron chi connectivity index (χ0n) is 6.77. The van der Waals surface area contributed by atoms with Crippen LogP contribution in [0.2, 0.25) is 0 Å². The average Bonchev–Trinajstić information content (AvgIpc) is 2.04. The van der Waals surface area contributed by atoms with E-state index in [4.69, 9.17) is 5.11 Å². The molecule has 0 aliphatic heterocycles. The Bertz CT molecular complexity index is 244. The highest BCUT2D eigenvalue weighted by Crippen LogP contribution is 2.22. The Morgan fingerprint density at radius 3 is 2.83 bits per heavy atom. The van der Waals surface area contributed by atoms with Gasteiger partial charge in [0.2, 0.25) is 0 Å². The number of hydrogen-bond donors (Lipinski definition) is 2. The van der Waals surface area contributed by atoms with Crippen molar-refractivity contribution in [2.45, 2.75) is 25.0 Å². The van der Waals surface area contributed by atoms with E-state index >= 15 is 0 Å². The predicted octanol–water partition coefficient (Wildman–Crippen LogP) is 1.02. The predicted molar refractivity (Wildman–Crippen MR) is 46.9 cm³/mol. The van der Waals surface area contributed by atoms with Crippen LogP contribution in [0.3, 0.4) is 0 Å². The maximum Gasteiger partial charge on any atom is 0.126 e. The summed E-state index contributed by atoms with van der Waals surface area (Å²) in [6, 6.07) is 6.19. The van der Waals surface area contributed by atoms with E-state index in [-0.39, 0.29) is 6.10 Å². The van der Waals surface area contributed by atoms with E-state index in [0.717, 1.165) is 18.7 Å². The lowest BCUT2D eigenvalue weighted by Gasteiger charge is -2.32. The van der Waals surface area contributed by atoms with Gasteiger partial charge < -0.3 is 10.4 Å². The van der Waals surface area contributed by atoms with Gasteiger partial charge in [-0.1, -0.05) is 6.07 Å². The SMILES string of the molecule is O[C@H]1C[C@@H](Nc2ccccn2)C1. The molecule has 0 amide bonds. The summed E-state index contributed by atoms with van der Waals surface area (Å²) in [6.07, 6.45) is 3.34. The van der Waals surface area contributed by atoms with Crippen molar-refractivity contribution in [3.8, 4) is 0 Å². The van der Waals surface area contributed by atoms with Gasteiger partial charge in [0.1, 0.15) is 5.82 Å². The summed E-state index contributed by atoms with van der Waals surface area (Å²) in [4.78, 5) is 4.13. The van der Waals surface area contributed by atoms with E-state index in [2.05, 4.69) is 10.3 Å². The summed E-state index contributed by atoms with van der Waals surface area (Å²) >= 11 is 0. The van der Waals surface area contributed by atoms with Crippen LogP contribution in [0.4, 0.5) is 5.82 Å². The fraction of sp³-hybridized carbons (Fsp3) is 0.444. The third-order valence-corrected chi connectivity index (χ3v) is 2.13. The molecule has 0 bridgehead atoms. The number of nitrogens with one attached hydrogen (secondary N) is 1. The fourth-order valence-corrected chi connectivity index (χ4v) is 1.36. The molecule has 3 heteroatoms. The Hall–Kier alpha value is -1.09. The number of rotatable bonds is 2. The topological polar surface area (TPSA) is 45.1 Å².